The van der Waals surface area contributed by atoms with Crippen molar-refractivity contribution in [3.05, 3.63) is 29.8 Å². The molecule has 0 aromatic heterocycles. The van der Waals surface area contributed by atoms with Crippen LogP contribution in [0.4, 0.5) is 0 Å². The SMILES string of the molecule is CCS(=O)(=O)CCSc1ccc(CNC(C)C)cc1. The maximum atomic E-state index is 11.4. The van der Waals surface area contributed by atoms with Gasteiger partial charge in [0.25, 0.3) is 0 Å². The van der Waals surface area contributed by atoms with Crippen molar-refractivity contribution in [3.8, 4) is 0 Å². The first-order valence-electron chi connectivity index (χ1n) is 6.58. The molecule has 0 aliphatic heterocycles. The van der Waals surface area contributed by atoms with Crippen LogP contribution in [-0.2, 0) is 16.4 Å². The monoisotopic (exact) mass is 301 g/mol. The molecule has 0 bridgehead atoms. The zero-order chi connectivity index (χ0) is 14.3. The summed E-state index contributed by atoms with van der Waals surface area (Å²) >= 11 is 1.60. The average molecular weight is 301 g/mol. The molecule has 0 fully saturated rings. The first kappa shape index (κ1) is 16.5. The molecule has 0 heterocycles. The first-order valence-corrected chi connectivity index (χ1v) is 9.39. The van der Waals surface area contributed by atoms with Crippen molar-refractivity contribution in [3.63, 3.8) is 0 Å². The van der Waals surface area contributed by atoms with Crippen molar-refractivity contribution in [2.24, 2.45) is 0 Å². The summed E-state index contributed by atoms with van der Waals surface area (Å²) in [5.74, 6) is 1.11. The number of nitrogens with one attached hydrogen (secondary N) is 1. The van der Waals surface area contributed by atoms with Crippen molar-refractivity contribution >= 4 is 21.6 Å². The van der Waals surface area contributed by atoms with Crippen LogP contribution in [-0.4, -0.2) is 31.7 Å². The highest BCUT2D eigenvalue weighted by Gasteiger charge is 2.07. The van der Waals surface area contributed by atoms with E-state index in [1.165, 1.54) is 5.56 Å². The second-order valence-electron chi connectivity index (χ2n) is 4.76. The molecule has 0 unspecified atom stereocenters. The van der Waals surface area contributed by atoms with Crippen LogP contribution in [0.2, 0.25) is 0 Å². The fraction of sp³-hybridized carbons (Fsp3) is 0.571. The zero-order valence-electron chi connectivity index (χ0n) is 11.8. The van der Waals surface area contributed by atoms with Gasteiger partial charge in [0.1, 0.15) is 0 Å². The van der Waals surface area contributed by atoms with E-state index in [9.17, 15) is 8.42 Å². The predicted molar refractivity (Wildman–Crippen MR) is 83.5 cm³/mol. The lowest BCUT2D eigenvalue weighted by molar-refractivity contribution is 0.588. The summed E-state index contributed by atoms with van der Waals surface area (Å²) in [4.78, 5) is 1.12. The van der Waals surface area contributed by atoms with Crippen molar-refractivity contribution < 1.29 is 8.42 Å². The highest BCUT2D eigenvalue weighted by atomic mass is 32.2. The molecule has 3 nitrogen and oxygen atoms in total. The van der Waals surface area contributed by atoms with Gasteiger partial charge < -0.3 is 5.32 Å². The quantitative estimate of drug-likeness (QED) is 0.750. The van der Waals surface area contributed by atoms with Gasteiger partial charge in [0.05, 0.1) is 5.75 Å². The fourth-order valence-corrected chi connectivity index (χ4v) is 3.66. The van der Waals surface area contributed by atoms with Crippen LogP contribution in [0.5, 0.6) is 0 Å². The normalized spacial score (nSPS) is 12.0. The van der Waals surface area contributed by atoms with Crippen molar-refractivity contribution in [1.82, 2.24) is 5.32 Å². The van der Waals surface area contributed by atoms with Gasteiger partial charge in [0.15, 0.2) is 9.84 Å². The van der Waals surface area contributed by atoms with E-state index < -0.39 is 9.84 Å². The summed E-state index contributed by atoms with van der Waals surface area (Å²) in [6, 6.07) is 8.77. The molecule has 0 aliphatic rings. The molecule has 0 spiro atoms. The molecule has 1 N–H and O–H groups in total. The van der Waals surface area contributed by atoms with Gasteiger partial charge in [-0.3, -0.25) is 0 Å². The van der Waals surface area contributed by atoms with Gasteiger partial charge in [-0.05, 0) is 17.7 Å². The second kappa shape index (κ2) is 7.92. The third-order valence-electron chi connectivity index (χ3n) is 2.74. The fourth-order valence-electron chi connectivity index (χ4n) is 1.46. The molecule has 5 heteroatoms. The number of benzene rings is 1. The van der Waals surface area contributed by atoms with Gasteiger partial charge >= 0.3 is 0 Å². The summed E-state index contributed by atoms with van der Waals surface area (Å²) in [5.41, 5.74) is 1.25. The predicted octanol–water partition coefficient (Wildman–Crippen LogP) is 2.71. The van der Waals surface area contributed by atoms with E-state index in [-0.39, 0.29) is 11.5 Å². The van der Waals surface area contributed by atoms with E-state index in [0.717, 1.165) is 11.4 Å². The summed E-state index contributed by atoms with van der Waals surface area (Å²) in [7, 11) is -2.85. The Balaban J connectivity index is 2.40. The van der Waals surface area contributed by atoms with Gasteiger partial charge in [-0.2, -0.15) is 0 Å². The first-order chi connectivity index (χ1) is 8.93. The van der Waals surface area contributed by atoms with E-state index in [1.807, 2.05) is 0 Å². The molecule has 0 aliphatic carbocycles. The van der Waals surface area contributed by atoms with Crippen LogP contribution >= 0.6 is 11.8 Å². The zero-order valence-corrected chi connectivity index (χ0v) is 13.5. The van der Waals surface area contributed by atoms with Gasteiger partial charge in [-0.25, -0.2) is 8.42 Å². The Morgan fingerprint density at radius 2 is 1.84 bits per heavy atom. The number of hydrogen-bond donors (Lipinski definition) is 1. The molecule has 1 aromatic rings. The highest BCUT2D eigenvalue weighted by molar-refractivity contribution is 8.00. The largest absolute Gasteiger partial charge is 0.310 e. The molecular formula is C14H23NO2S2. The molecule has 19 heavy (non-hydrogen) atoms. The minimum absolute atomic E-state index is 0.230. The highest BCUT2D eigenvalue weighted by Crippen LogP contribution is 2.18. The van der Waals surface area contributed by atoms with Crippen LogP contribution < -0.4 is 5.32 Å². The average Bonchev–Trinajstić information content (AvgIpc) is 2.37. The number of sulfone groups is 1. The molecule has 0 amide bonds. The van der Waals surface area contributed by atoms with Crippen molar-refractivity contribution in [1.29, 1.82) is 0 Å². The third-order valence-corrected chi connectivity index (χ3v) is 5.72. The van der Waals surface area contributed by atoms with Gasteiger partial charge in [-0.15, -0.1) is 11.8 Å². The van der Waals surface area contributed by atoms with Gasteiger partial charge in [0.2, 0.25) is 0 Å². The van der Waals surface area contributed by atoms with Crippen LogP contribution in [0.15, 0.2) is 29.2 Å². The Kier molecular flexibility index (Phi) is 6.89. The second-order valence-corrected chi connectivity index (χ2v) is 8.41. The Labute approximate surface area is 121 Å². The lowest BCUT2D eigenvalue weighted by atomic mass is 10.2. The standard InChI is InChI=1S/C14H23NO2S2/c1-4-19(16,17)10-9-18-14-7-5-13(6-8-14)11-15-12(2)3/h5-8,12,15H,4,9-11H2,1-3H3. The molecule has 1 rings (SSSR count). The van der Waals surface area contributed by atoms with E-state index in [0.29, 0.717) is 11.8 Å². The van der Waals surface area contributed by atoms with E-state index in [4.69, 9.17) is 0 Å². The minimum Gasteiger partial charge on any atom is -0.310 e. The lowest BCUT2D eigenvalue weighted by Crippen LogP contribution is -2.21. The summed E-state index contributed by atoms with van der Waals surface area (Å²) in [5, 5.41) is 3.37. The van der Waals surface area contributed by atoms with Crippen LogP contribution in [0.25, 0.3) is 0 Å². The number of thioether (sulfide) groups is 1. The molecule has 1 aromatic carbocycles. The van der Waals surface area contributed by atoms with Gasteiger partial charge in [0, 0.05) is 29.0 Å². The van der Waals surface area contributed by atoms with Crippen LogP contribution in [0.1, 0.15) is 26.3 Å². The number of hydrogen-bond acceptors (Lipinski definition) is 4. The number of rotatable bonds is 8. The molecular weight excluding hydrogens is 278 g/mol. The summed E-state index contributed by atoms with van der Waals surface area (Å²) in [6.07, 6.45) is 0. The van der Waals surface area contributed by atoms with E-state index in [2.05, 4.69) is 43.4 Å². The molecule has 0 radical (unpaired) electrons. The van der Waals surface area contributed by atoms with E-state index in [1.54, 1.807) is 18.7 Å². The summed E-state index contributed by atoms with van der Waals surface area (Å²) in [6.45, 7) is 6.81. The topological polar surface area (TPSA) is 46.2 Å². The molecule has 0 atom stereocenters. The maximum absolute atomic E-state index is 11.4. The smallest absolute Gasteiger partial charge is 0.150 e. The van der Waals surface area contributed by atoms with Crippen molar-refractivity contribution in [2.75, 3.05) is 17.3 Å². The Bertz CT molecular complexity index is 467. The Morgan fingerprint density at radius 3 is 2.37 bits per heavy atom. The Hall–Kier alpha value is -0.520. The lowest BCUT2D eigenvalue weighted by Gasteiger charge is -2.08. The maximum Gasteiger partial charge on any atom is 0.150 e. The Morgan fingerprint density at radius 1 is 1.21 bits per heavy atom. The molecule has 0 saturated heterocycles. The third kappa shape index (κ3) is 6.99. The summed E-state index contributed by atoms with van der Waals surface area (Å²) < 4.78 is 22.7. The van der Waals surface area contributed by atoms with Crippen LogP contribution in [0, 0.1) is 0 Å². The molecule has 0 saturated carbocycles. The minimum atomic E-state index is -2.85. The van der Waals surface area contributed by atoms with Crippen molar-refractivity contribution in [2.45, 2.75) is 38.3 Å². The van der Waals surface area contributed by atoms with Gasteiger partial charge in [-0.1, -0.05) is 32.9 Å². The van der Waals surface area contributed by atoms with Crippen LogP contribution in [0.3, 0.4) is 0 Å². The van der Waals surface area contributed by atoms with E-state index >= 15 is 0 Å². The molecule has 108 valence electrons.